The minimum atomic E-state index is -4.57. The van der Waals surface area contributed by atoms with Crippen molar-refractivity contribution in [3.63, 3.8) is 0 Å². The first-order valence-electron chi connectivity index (χ1n) is 7.38. The lowest BCUT2D eigenvalue weighted by Gasteiger charge is -2.14. The van der Waals surface area contributed by atoms with Crippen molar-refractivity contribution in [3.05, 3.63) is 65.1 Å². The summed E-state index contributed by atoms with van der Waals surface area (Å²) < 4.78 is 39.4. The zero-order valence-corrected chi connectivity index (χ0v) is 13.9. The molecular weight excluding hydrogens is 369 g/mol. The van der Waals surface area contributed by atoms with Gasteiger partial charge in [0.05, 0.1) is 17.4 Å². The molecule has 0 unspecified atom stereocenters. The van der Waals surface area contributed by atoms with Crippen LogP contribution in [0.15, 0.2) is 48.9 Å². The summed E-state index contributed by atoms with van der Waals surface area (Å²) in [5, 5.41) is 13.0. The van der Waals surface area contributed by atoms with Gasteiger partial charge in [-0.1, -0.05) is 17.7 Å². The lowest BCUT2D eigenvalue weighted by Crippen LogP contribution is -2.11. The number of nitrogens with zero attached hydrogens (tertiary/aromatic N) is 4. The summed E-state index contributed by atoms with van der Waals surface area (Å²) >= 11 is 5.66. The van der Waals surface area contributed by atoms with Gasteiger partial charge < -0.3 is 10.6 Å². The fourth-order valence-electron chi connectivity index (χ4n) is 2.12. The molecule has 2 aromatic heterocycles. The lowest BCUT2D eigenvalue weighted by molar-refractivity contribution is -0.136. The minimum absolute atomic E-state index is 0.0196. The highest BCUT2D eigenvalue weighted by atomic mass is 35.5. The number of alkyl halides is 3. The Hall–Kier alpha value is -2.94. The average molecular weight is 381 g/mol. The van der Waals surface area contributed by atoms with Gasteiger partial charge in [0.2, 0.25) is 5.95 Å². The molecule has 6 nitrogen and oxygen atoms in total. The van der Waals surface area contributed by atoms with E-state index in [1.165, 1.54) is 18.3 Å². The molecule has 3 rings (SSSR count). The van der Waals surface area contributed by atoms with E-state index >= 15 is 0 Å². The summed E-state index contributed by atoms with van der Waals surface area (Å²) in [5.74, 6) is 0.280. The van der Waals surface area contributed by atoms with E-state index in [9.17, 15) is 13.2 Å². The molecule has 134 valence electrons. The van der Waals surface area contributed by atoms with Crippen LogP contribution in [-0.2, 0) is 12.7 Å². The summed E-state index contributed by atoms with van der Waals surface area (Å²) in [6, 6.07) is 7.06. The van der Waals surface area contributed by atoms with Crippen molar-refractivity contribution in [1.29, 1.82) is 0 Å². The molecule has 0 saturated heterocycles. The zero-order valence-electron chi connectivity index (χ0n) is 13.1. The summed E-state index contributed by atoms with van der Waals surface area (Å²) in [6.45, 7) is 0.431. The van der Waals surface area contributed by atoms with Crippen LogP contribution in [0, 0.1) is 0 Å². The van der Waals surface area contributed by atoms with E-state index in [1.807, 2.05) is 6.07 Å². The highest BCUT2D eigenvalue weighted by molar-refractivity contribution is 6.30. The number of halogens is 4. The Kier molecular flexibility index (Phi) is 5.17. The van der Waals surface area contributed by atoms with E-state index in [0.29, 0.717) is 12.4 Å². The number of benzene rings is 1. The van der Waals surface area contributed by atoms with Crippen LogP contribution < -0.4 is 10.6 Å². The van der Waals surface area contributed by atoms with Crippen molar-refractivity contribution >= 4 is 29.1 Å². The van der Waals surface area contributed by atoms with Crippen LogP contribution in [0.5, 0.6) is 0 Å². The van der Waals surface area contributed by atoms with Gasteiger partial charge in [-0.3, -0.25) is 4.98 Å². The van der Waals surface area contributed by atoms with E-state index in [4.69, 9.17) is 11.6 Å². The van der Waals surface area contributed by atoms with E-state index in [2.05, 4.69) is 30.8 Å². The highest BCUT2D eigenvalue weighted by Gasteiger charge is 2.34. The summed E-state index contributed by atoms with van der Waals surface area (Å²) in [4.78, 5) is 8.10. The molecule has 2 N–H and O–H groups in total. The molecule has 0 aliphatic carbocycles. The Morgan fingerprint density at radius 1 is 1.12 bits per heavy atom. The molecule has 0 aliphatic rings. The average Bonchev–Trinajstić information content (AvgIpc) is 2.62. The Morgan fingerprint density at radius 2 is 1.96 bits per heavy atom. The third-order valence-corrected chi connectivity index (χ3v) is 3.52. The quantitative estimate of drug-likeness (QED) is 0.687. The van der Waals surface area contributed by atoms with Crippen LogP contribution in [0.1, 0.15) is 11.1 Å². The van der Waals surface area contributed by atoms with Crippen molar-refractivity contribution in [3.8, 4) is 0 Å². The molecule has 0 bridgehead atoms. The molecule has 0 radical (unpaired) electrons. The van der Waals surface area contributed by atoms with Gasteiger partial charge >= 0.3 is 6.18 Å². The second kappa shape index (κ2) is 7.52. The van der Waals surface area contributed by atoms with Crippen LogP contribution in [0.2, 0.25) is 5.02 Å². The van der Waals surface area contributed by atoms with Crippen LogP contribution in [0.25, 0.3) is 0 Å². The molecule has 0 atom stereocenters. The molecule has 0 aliphatic heterocycles. The maximum Gasteiger partial charge on any atom is 0.418 e. The highest BCUT2D eigenvalue weighted by Crippen LogP contribution is 2.37. The first kappa shape index (κ1) is 17.9. The maximum absolute atomic E-state index is 13.1. The van der Waals surface area contributed by atoms with Crippen molar-refractivity contribution in [2.75, 3.05) is 10.6 Å². The molecule has 0 saturated carbocycles. The molecule has 10 heteroatoms. The Labute approximate surface area is 151 Å². The third kappa shape index (κ3) is 4.57. The van der Waals surface area contributed by atoms with Gasteiger partial charge in [-0.15, -0.1) is 5.10 Å². The van der Waals surface area contributed by atoms with Crippen molar-refractivity contribution in [2.24, 2.45) is 0 Å². The first-order chi connectivity index (χ1) is 12.4. The standard InChI is InChI=1S/C16H12ClF3N6/c17-11-3-4-13(12(6-11)16(18,19)20)24-15-25-14(9-23-26-15)22-8-10-2-1-5-21-7-10/h1-7,9H,8H2,(H2,22,24,25,26). The molecule has 2 heterocycles. The Balaban J connectivity index is 1.77. The van der Waals surface area contributed by atoms with Gasteiger partial charge in [0.15, 0.2) is 5.82 Å². The molecule has 0 amide bonds. The van der Waals surface area contributed by atoms with E-state index < -0.39 is 11.7 Å². The summed E-state index contributed by atoms with van der Waals surface area (Å²) in [5.41, 5.74) is -0.215. The number of hydrogen-bond acceptors (Lipinski definition) is 6. The van der Waals surface area contributed by atoms with E-state index in [-0.39, 0.29) is 16.7 Å². The predicted octanol–water partition coefficient (Wildman–Crippen LogP) is 4.29. The summed E-state index contributed by atoms with van der Waals surface area (Å²) in [6.07, 6.45) is 0.136. The smallest absolute Gasteiger partial charge is 0.364 e. The van der Waals surface area contributed by atoms with Crippen molar-refractivity contribution < 1.29 is 13.2 Å². The normalized spacial score (nSPS) is 11.2. The van der Waals surface area contributed by atoms with Crippen LogP contribution in [-0.4, -0.2) is 20.2 Å². The molecule has 3 aromatic rings. The van der Waals surface area contributed by atoms with Gasteiger partial charge in [0.1, 0.15) is 0 Å². The number of hydrogen-bond donors (Lipinski definition) is 2. The van der Waals surface area contributed by atoms with Gasteiger partial charge in [-0.25, -0.2) is 0 Å². The number of nitrogens with one attached hydrogen (secondary N) is 2. The predicted molar refractivity (Wildman–Crippen MR) is 91.1 cm³/mol. The van der Waals surface area contributed by atoms with Gasteiger partial charge in [0, 0.05) is 24.0 Å². The Bertz CT molecular complexity index is 889. The fourth-order valence-corrected chi connectivity index (χ4v) is 2.29. The van der Waals surface area contributed by atoms with E-state index in [1.54, 1.807) is 18.5 Å². The van der Waals surface area contributed by atoms with Crippen LogP contribution >= 0.6 is 11.6 Å². The molecule has 0 fully saturated rings. The number of rotatable bonds is 5. The van der Waals surface area contributed by atoms with Crippen LogP contribution in [0.4, 0.5) is 30.6 Å². The van der Waals surface area contributed by atoms with Crippen molar-refractivity contribution in [2.45, 2.75) is 12.7 Å². The van der Waals surface area contributed by atoms with E-state index in [0.717, 1.165) is 11.6 Å². The maximum atomic E-state index is 13.1. The SMILES string of the molecule is FC(F)(F)c1cc(Cl)ccc1Nc1nncc(NCc2cccnc2)n1. The zero-order chi connectivity index (χ0) is 18.6. The van der Waals surface area contributed by atoms with Gasteiger partial charge in [-0.05, 0) is 29.8 Å². The fraction of sp³-hybridized carbons (Fsp3) is 0.125. The largest absolute Gasteiger partial charge is 0.418 e. The van der Waals surface area contributed by atoms with Gasteiger partial charge in [0.25, 0.3) is 0 Å². The van der Waals surface area contributed by atoms with Crippen molar-refractivity contribution in [1.82, 2.24) is 20.2 Å². The lowest BCUT2D eigenvalue weighted by atomic mass is 10.1. The molecule has 26 heavy (non-hydrogen) atoms. The number of anilines is 3. The second-order valence-corrected chi connectivity index (χ2v) is 5.63. The topological polar surface area (TPSA) is 75.6 Å². The van der Waals surface area contributed by atoms with Crippen LogP contribution in [0.3, 0.4) is 0 Å². The third-order valence-electron chi connectivity index (χ3n) is 3.29. The minimum Gasteiger partial charge on any atom is -0.364 e. The molecule has 1 aromatic carbocycles. The summed E-state index contributed by atoms with van der Waals surface area (Å²) in [7, 11) is 0. The number of aromatic nitrogens is 4. The number of pyridine rings is 1. The molecule has 0 spiro atoms. The Morgan fingerprint density at radius 3 is 2.69 bits per heavy atom. The monoisotopic (exact) mass is 380 g/mol. The first-order valence-corrected chi connectivity index (χ1v) is 7.76. The van der Waals surface area contributed by atoms with Gasteiger partial charge in [-0.2, -0.15) is 23.3 Å². The second-order valence-electron chi connectivity index (χ2n) is 5.19. The molecular formula is C16H12ClF3N6.